The van der Waals surface area contributed by atoms with Crippen molar-refractivity contribution >= 4 is 17.8 Å². The first-order valence-corrected chi connectivity index (χ1v) is 11.3. The highest BCUT2D eigenvalue weighted by molar-refractivity contribution is 6.09. The molecule has 3 atom stereocenters. The number of urea groups is 1. The highest BCUT2D eigenvalue weighted by atomic mass is 16.5. The quantitative estimate of drug-likeness (QED) is 0.753. The molecule has 4 rings (SSSR count). The molecule has 3 fully saturated rings. The van der Waals surface area contributed by atoms with E-state index in [1.165, 1.54) is 0 Å². The molecule has 0 radical (unpaired) electrons. The molecule has 1 saturated carbocycles. The normalized spacial score (nSPS) is 29.0. The van der Waals surface area contributed by atoms with E-state index in [0.29, 0.717) is 18.7 Å². The second-order valence-corrected chi connectivity index (χ2v) is 10.1. The van der Waals surface area contributed by atoms with Gasteiger partial charge in [-0.15, -0.1) is 0 Å². The summed E-state index contributed by atoms with van der Waals surface area (Å²) >= 11 is 0. The minimum atomic E-state index is -1.17. The van der Waals surface area contributed by atoms with Crippen molar-refractivity contribution in [2.24, 2.45) is 0 Å². The number of morpholine rings is 1. The van der Waals surface area contributed by atoms with Crippen molar-refractivity contribution in [2.45, 2.75) is 76.5 Å². The van der Waals surface area contributed by atoms with Crippen molar-refractivity contribution in [2.75, 3.05) is 19.7 Å². The van der Waals surface area contributed by atoms with E-state index < -0.39 is 11.6 Å². The summed E-state index contributed by atoms with van der Waals surface area (Å²) in [5, 5.41) is 2.81. The molecule has 3 aliphatic rings. The minimum Gasteiger partial charge on any atom is -0.374 e. The monoisotopic (exact) mass is 427 g/mol. The van der Waals surface area contributed by atoms with Crippen LogP contribution in [0.1, 0.15) is 64.5 Å². The summed E-state index contributed by atoms with van der Waals surface area (Å²) in [6, 6.07) is 7.29. The second-order valence-electron chi connectivity index (χ2n) is 10.1. The Labute approximate surface area is 184 Å². The second kappa shape index (κ2) is 7.93. The number of nitrogens with zero attached hydrogens (tertiary/aromatic N) is 2. The van der Waals surface area contributed by atoms with Crippen LogP contribution in [0.4, 0.5) is 4.79 Å². The molecule has 0 bridgehead atoms. The van der Waals surface area contributed by atoms with Crippen LogP contribution in [0.2, 0.25) is 0 Å². The van der Waals surface area contributed by atoms with Crippen molar-refractivity contribution in [1.82, 2.24) is 15.1 Å². The van der Waals surface area contributed by atoms with Crippen LogP contribution in [0.15, 0.2) is 24.3 Å². The van der Waals surface area contributed by atoms with E-state index in [0.717, 1.165) is 36.1 Å². The molecule has 1 aliphatic carbocycles. The van der Waals surface area contributed by atoms with E-state index in [9.17, 15) is 14.4 Å². The molecule has 7 nitrogen and oxygen atoms in total. The summed E-state index contributed by atoms with van der Waals surface area (Å²) in [7, 11) is 0. The predicted octanol–water partition coefficient (Wildman–Crippen LogP) is 2.92. The van der Waals surface area contributed by atoms with Gasteiger partial charge in [0, 0.05) is 6.54 Å². The van der Waals surface area contributed by atoms with Crippen LogP contribution in [0.5, 0.6) is 0 Å². The van der Waals surface area contributed by atoms with E-state index >= 15 is 0 Å². The highest BCUT2D eigenvalue weighted by Gasteiger charge is 2.50. The summed E-state index contributed by atoms with van der Waals surface area (Å²) in [6.45, 7) is 8.87. The molecule has 31 heavy (non-hydrogen) atoms. The maximum absolute atomic E-state index is 13.3. The van der Waals surface area contributed by atoms with Gasteiger partial charge in [0.05, 0.1) is 18.8 Å². The van der Waals surface area contributed by atoms with Crippen LogP contribution in [-0.2, 0) is 25.3 Å². The zero-order chi connectivity index (χ0) is 22.4. The Morgan fingerprint density at radius 1 is 1.16 bits per heavy atom. The largest absolute Gasteiger partial charge is 0.374 e. The number of ether oxygens (including phenoxy) is 1. The van der Waals surface area contributed by atoms with Gasteiger partial charge in [-0.2, -0.15) is 0 Å². The molecule has 2 aliphatic heterocycles. The summed E-state index contributed by atoms with van der Waals surface area (Å²) in [5.74, 6) is -0.571. The number of fused-ring (bicyclic) bond motifs is 1. The number of hydrogen-bond donors (Lipinski definition) is 1. The molecular weight excluding hydrogens is 394 g/mol. The molecule has 3 unspecified atom stereocenters. The average molecular weight is 428 g/mol. The van der Waals surface area contributed by atoms with Gasteiger partial charge in [0.15, 0.2) is 0 Å². The standard InChI is InChI=1S/C24H33N3O4/c1-23(2,3)16-9-11-17(12-10-16)24(4)21(29)27(22(30)25-24)15-20(28)26-13-14-31-19-8-6-5-7-18(19)26/h9-12,18-19H,5-8,13-15H2,1-4H3,(H,25,30). The molecule has 7 heteroatoms. The number of nitrogens with one attached hydrogen (secondary N) is 1. The molecule has 1 aromatic rings. The van der Waals surface area contributed by atoms with Crippen LogP contribution < -0.4 is 5.32 Å². The average Bonchev–Trinajstić information content (AvgIpc) is 2.96. The van der Waals surface area contributed by atoms with Crippen LogP contribution in [0, 0.1) is 0 Å². The molecule has 2 heterocycles. The lowest BCUT2D eigenvalue weighted by Gasteiger charge is -2.44. The summed E-state index contributed by atoms with van der Waals surface area (Å²) in [5.41, 5.74) is 0.688. The van der Waals surface area contributed by atoms with E-state index in [-0.39, 0.29) is 35.9 Å². The van der Waals surface area contributed by atoms with Crippen molar-refractivity contribution in [3.63, 3.8) is 0 Å². The Morgan fingerprint density at radius 3 is 2.52 bits per heavy atom. The minimum absolute atomic E-state index is 0.00401. The predicted molar refractivity (Wildman–Crippen MR) is 116 cm³/mol. The number of hydrogen-bond acceptors (Lipinski definition) is 4. The third-order valence-electron chi connectivity index (χ3n) is 6.95. The number of imide groups is 1. The molecule has 4 amide bonds. The van der Waals surface area contributed by atoms with Crippen LogP contribution >= 0.6 is 0 Å². The van der Waals surface area contributed by atoms with Gasteiger partial charge in [0.25, 0.3) is 5.91 Å². The first kappa shape index (κ1) is 21.8. The van der Waals surface area contributed by atoms with Gasteiger partial charge in [0.2, 0.25) is 5.91 Å². The van der Waals surface area contributed by atoms with Crippen LogP contribution in [0.3, 0.4) is 0 Å². The molecule has 2 saturated heterocycles. The molecule has 168 valence electrons. The first-order valence-electron chi connectivity index (χ1n) is 11.3. The SMILES string of the molecule is CC(C)(C)c1ccc(C2(C)NC(=O)N(CC(=O)N3CCOC4CCCCC43)C2=O)cc1. The van der Waals surface area contributed by atoms with Crippen molar-refractivity contribution < 1.29 is 19.1 Å². The first-order chi connectivity index (χ1) is 14.6. The Kier molecular flexibility index (Phi) is 5.58. The molecule has 0 aromatic heterocycles. The highest BCUT2D eigenvalue weighted by Crippen LogP contribution is 2.32. The van der Waals surface area contributed by atoms with Crippen molar-refractivity contribution in [1.29, 1.82) is 0 Å². The fourth-order valence-corrected chi connectivity index (χ4v) is 4.97. The fraction of sp³-hybridized carbons (Fsp3) is 0.625. The summed E-state index contributed by atoms with van der Waals surface area (Å²) in [4.78, 5) is 42.0. The Balaban J connectivity index is 1.49. The van der Waals surface area contributed by atoms with Gasteiger partial charge >= 0.3 is 6.03 Å². The van der Waals surface area contributed by atoms with E-state index in [2.05, 4.69) is 26.1 Å². The third kappa shape index (κ3) is 3.95. The zero-order valence-corrected chi connectivity index (χ0v) is 18.9. The van der Waals surface area contributed by atoms with Crippen molar-refractivity contribution in [3.05, 3.63) is 35.4 Å². The lowest BCUT2D eigenvalue weighted by molar-refractivity contribution is -0.152. The number of carbonyl (C=O) groups excluding carboxylic acids is 3. The Morgan fingerprint density at radius 2 is 1.84 bits per heavy atom. The maximum atomic E-state index is 13.3. The smallest absolute Gasteiger partial charge is 0.325 e. The summed E-state index contributed by atoms with van der Waals surface area (Å²) in [6.07, 6.45) is 4.12. The summed E-state index contributed by atoms with van der Waals surface area (Å²) < 4.78 is 5.85. The van der Waals surface area contributed by atoms with Gasteiger partial charge in [-0.1, -0.05) is 57.9 Å². The van der Waals surface area contributed by atoms with Gasteiger partial charge in [-0.3, -0.25) is 14.5 Å². The molecule has 0 spiro atoms. The van der Waals surface area contributed by atoms with E-state index in [1.54, 1.807) is 6.92 Å². The topological polar surface area (TPSA) is 79.0 Å². The molecular formula is C24H33N3O4. The lowest BCUT2D eigenvalue weighted by atomic mass is 9.84. The maximum Gasteiger partial charge on any atom is 0.325 e. The van der Waals surface area contributed by atoms with Crippen LogP contribution in [0.25, 0.3) is 0 Å². The van der Waals surface area contributed by atoms with E-state index in [1.807, 2.05) is 29.2 Å². The van der Waals surface area contributed by atoms with Gasteiger partial charge in [0.1, 0.15) is 12.1 Å². The number of carbonyl (C=O) groups is 3. The third-order valence-corrected chi connectivity index (χ3v) is 6.95. The molecule has 1 N–H and O–H groups in total. The van der Waals surface area contributed by atoms with Gasteiger partial charge in [-0.05, 0) is 36.3 Å². The van der Waals surface area contributed by atoms with Gasteiger partial charge < -0.3 is 15.0 Å². The van der Waals surface area contributed by atoms with Crippen LogP contribution in [-0.4, -0.2) is 59.5 Å². The Hall–Kier alpha value is -2.41. The fourth-order valence-electron chi connectivity index (χ4n) is 4.97. The number of rotatable bonds is 3. The van der Waals surface area contributed by atoms with Crippen molar-refractivity contribution in [3.8, 4) is 0 Å². The van der Waals surface area contributed by atoms with Gasteiger partial charge in [-0.25, -0.2) is 4.79 Å². The Bertz CT molecular complexity index is 874. The van der Waals surface area contributed by atoms with E-state index in [4.69, 9.17) is 4.74 Å². The number of benzene rings is 1. The number of amides is 4. The molecule has 1 aromatic carbocycles. The zero-order valence-electron chi connectivity index (χ0n) is 18.9. The lowest BCUT2D eigenvalue weighted by Crippen LogP contribution is -2.57.